The van der Waals surface area contributed by atoms with Crippen LogP contribution in [0.5, 0.6) is 0 Å². The second-order valence-corrected chi connectivity index (χ2v) is 5.44. The Labute approximate surface area is 143 Å². The van der Waals surface area contributed by atoms with Gasteiger partial charge >= 0.3 is 5.97 Å². The first-order valence-corrected chi connectivity index (χ1v) is 7.48. The molecule has 2 aromatic carbocycles. The summed E-state index contributed by atoms with van der Waals surface area (Å²) in [5.41, 5.74) is 1.55. The average molecular weight is 348 g/mol. The van der Waals surface area contributed by atoms with Gasteiger partial charge in [-0.2, -0.15) is 0 Å². The SMILES string of the molecule is Cc1ccc(NC(=O)COC(=O)C=Cc2ccc(Cl)cc2)cc1F. The Balaban J connectivity index is 1.81. The highest BCUT2D eigenvalue weighted by Gasteiger charge is 2.07. The van der Waals surface area contributed by atoms with Crippen LogP contribution in [0.3, 0.4) is 0 Å². The number of rotatable bonds is 5. The average Bonchev–Trinajstić information content (AvgIpc) is 2.56. The summed E-state index contributed by atoms with van der Waals surface area (Å²) in [6.07, 6.45) is 2.76. The monoisotopic (exact) mass is 347 g/mol. The maximum atomic E-state index is 13.4. The lowest BCUT2D eigenvalue weighted by molar-refractivity contribution is -0.142. The van der Waals surface area contributed by atoms with Crippen LogP contribution in [0.4, 0.5) is 10.1 Å². The van der Waals surface area contributed by atoms with Crippen molar-refractivity contribution in [2.45, 2.75) is 6.92 Å². The maximum Gasteiger partial charge on any atom is 0.331 e. The van der Waals surface area contributed by atoms with Crippen molar-refractivity contribution in [3.05, 3.63) is 70.5 Å². The van der Waals surface area contributed by atoms with Gasteiger partial charge in [0, 0.05) is 16.8 Å². The third kappa shape index (κ3) is 5.52. The Morgan fingerprint density at radius 1 is 1.21 bits per heavy atom. The molecule has 6 heteroatoms. The van der Waals surface area contributed by atoms with Crippen molar-refractivity contribution in [3.8, 4) is 0 Å². The molecule has 0 radical (unpaired) electrons. The number of esters is 1. The highest BCUT2D eigenvalue weighted by atomic mass is 35.5. The Morgan fingerprint density at radius 2 is 1.92 bits per heavy atom. The molecule has 0 aliphatic carbocycles. The summed E-state index contributed by atoms with van der Waals surface area (Å²) in [6, 6.07) is 11.2. The molecule has 24 heavy (non-hydrogen) atoms. The van der Waals surface area contributed by atoms with Crippen molar-refractivity contribution in [1.82, 2.24) is 0 Å². The Hall–Kier alpha value is -2.66. The number of benzene rings is 2. The molecule has 124 valence electrons. The Morgan fingerprint density at radius 3 is 2.58 bits per heavy atom. The summed E-state index contributed by atoms with van der Waals surface area (Å²) >= 11 is 5.76. The number of amides is 1. The van der Waals surface area contributed by atoms with Crippen LogP contribution >= 0.6 is 11.6 Å². The summed E-state index contributed by atoms with van der Waals surface area (Å²) in [4.78, 5) is 23.2. The third-order valence-electron chi connectivity index (χ3n) is 3.08. The zero-order valence-electron chi connectivity index (χ0n) is 12.9. The van der Waals surface area contributed by atoms with Gasteiger partial charge in [0.2, 0.25) is 0 Å². The highest BCUT2D eigenvalue weighted by Crippen LogP contribution is 2.13. The molecule has 0 aliphatic heterocycles. The molecule has 1 N–H and O–H groups in total. The number of hydrogen-bond donors (Lipinski definition) is 1. The number of ether oxygens (including phenoxy) is 1. The molecule has 0 saturated heterocycles. The van der Waals surface area contributed by atoms with Crippen LogP contribution in [0.1, 0.15) is 11.1 Å². The fourth-order valence-electron chi connectivity index (χ4n) is 1.79. The number of nitrogens with one attached hydrogen (secondary N) is 1. The van der Waals surface area contributed by atoms with Gasteiger partial charge in [-0.15, -0.1) is 0 Å². The summed E-state index contributed by atoms with van der Waals surface area (Å²) in [5.74, 6) is -1.63. The molecule has 0 unspecified atom stereocenters. The van der Waals surface area contributed by atoms with Crippen LogP contribution in [0.25, 0.3) is 6.08 Å². The predicted octanol–water partition coefficient (Wildman–Crippen LogP) is 3.98. The van der Waals surface area contributed by atoms with E-state index in [0.717, 1.165) is 5.56 Å². The van der Waals surface area contributed by atoms with Crippen LogP contribution in [0.2, 0.25) is 5.02 Å². The van der Waals surface area contributed by atoms with E-state index in [9.17, 15) is 14.0 Å². The van der Waals surface area contributed by atoms with Crippen molar-refractivity contribution in [3.63, 3.8) is 0 Å². The van der Waals surface area contributed by atoms with Gasteiger partial charge in [-0.05, 0) is 48.4 Å². The number of hydrogen-bond acceptors (Lipinski definition) is 3. The largest absolute Gasteiger partial charge is 0.452 e. The second-order valence-electron chi connectivity index (χ2n) is 5.00. The topological polar surface area (TPSA) is 55.4 Å². The minimum atomic E-state index is -0.657. The van der Waals surface area contributed by atoms with Crippen molar-refractivity contribution >= 4 is 35.2 Å². The van der Waals surface area contributed by atoms with E-state index in [1.807, 2.05) is 0 Å². The van der Waals surface area contributed by atoms with E-state index in [-0.39, 0.29) is 0 Å². The summed E-state index contributed by atoms with van der Waals surface area (Å²) < 4.78 is 18.2. The molecule has 0 saturated carbocycles. The van der Waals surface area contributed by atoms with E-state index in [1.165, 1.54) is 12.1 Å². The Kier molecular flexibility index (Phi) is 6.09. The molecular formula is C18H15ClFNO3. The first kappa shape index (κ1) is 17.7. The highest BCUT2D eigenvalue weighted by molar-refractivity contribution is 6.30. The van der Waals surface area contributed by atoms with Crippen LogP contribution < -0.4 is 5.32 Å². The maximum absolute atomic E-state index is 13.4. The lowest BCUT2D eigenvalue weighted by Crippen LogP contribution is -2.20. The number of carbonyl (C=O) groups excluding carboxylic acids is 2. The van der Waals surface area contributed by atoms with E-state index in [0.29, 0.717) is 16.3 Å². The van der Waals surface area contributed by atoms with Crippen molar-refractivity contribution in [2.75, 3.05) is 11.9 Å². The van der Waals surface area contributed by atoms with Crippen LogP contribution in [0, 0.1) is 12.7 Å². The van der Waals surface area contributed by atoms with Crippen LogP contribution in [-0.2, 0) is 14.3 Å². The number of carbonyl (C=O) groups is 2. The van der Waals surface area contributed by atoms with Crippen LogP contribution in [-0.4, -0.2) is 18.5 Å². The zero-order chi connectivity index (χ0) is 17.5. The zero-order valence-corrected chi connectivity index (χ0v) is 13.6. The number of anilines is 1. The fraction of sp³-hybridized carbons (Fsp3) is 0.111. The van der Waals surface area contributed by atoms with Crippen LogP contribution in [0.15, 0.2) is 48.5 Å². The van der Waals surface area contributed by atoms with Gasteiger partial charge in [-0.1, -0.05) is 29.8 Å². The minimum absolute atomic E-state index is 0.302. The molecule has 0 fully saturated rings. The van der Waals surface area contributed by atoms with E-state index in [4.69, 9.17) is 16.3 Å². The first-order chi connectivity index (χ1) is 11.4. The quantitative estimate of drug-likeness (QED) is 0.657. The molecule has 0 heterocycles. The van der Waals surface area contributed by atoms with Gasteiger partial charge in [0.25, 0.3) is 5.91 Å². The predicted molar refractivity (Wildman–Crippen MR) is 91.2 cm³/mol. The van der Waals surface area contributed by atoms with Gasteiger partial charge in [0.15, 0.2) is 6.61 Å². The number of aryl methyl sites for hydroxylation is 1. The van der Waals surface area contributed by atoms with Crippen molar-refractivity contribution < 1.29 is 18.7 Å². The van der Waals surface area contributed by atoms with Gasteiger partial charge in [0.05, 0.1) is 0 Å². The molecule has 2 aromatic rings. The van der Waals surface area contributed by atoms with Gasteiger partial charge in [-0.25, -0.2) is 9.18 Å². The van der Waals surface area contributed by atoms with E-state index >= 15 is 0 Å². The Bertz CT molecular complexity index is 772. The molecular weight excluding hydrogens is 333 g/mol. The molecule has 1 amide bonds. The second kappa shape index (κ2) is 8.26. The molecule has 0 bridgehead atoms. The third-order valence-corrected chi connectivity index (χ3v) is 3.33. The standard InChI is InChI=1S/C18H15ClFNO3/c1-12-2-8-15(10-16(12)20)21-17(22)11-24-18(23)9-5-13-3-6-14(19)7-4-13/h2-10H,11H2,1H3,(H,21,22). The molecule has 0 aliphatic rings. The van der Waals surface area contributed by atoms with Gasteiger partial charge < -0.3 is 10.1 Å². The summed E-state index contributed by atoms with van der Waals surface area (Å²) in [7, 11) is 0. The van der Waals surface area contributed by atoms with Crippen molar-refractivity contribution in [2.24, 2.45) is 0 Å². The fourth-order valence-corrected chi connectivity index (χ4v) is 1.92. The molecule has 4 nitrogen and oxygen atoms in total. The molecule has 0 atom stereocenters. The normalized spacial score (nSPS) is 10.6. The summed E-state index contributed by atoms with van der Waals surface area (Å²) in [6.45, 7) is 1.16. The van der Waals surface area contributed by atoms with Gasteiger partial charge in [-0.3, -0.25) is 4.79 Å². The van der Waals surface area contributed by atoms with E-state index < -0.39 is 24.3 Å². The molecule has 0 aromatic heterocycles. The molecule has 0 spiro atoms. The van der Waals surface area contributed by atoms with E-state index in [1.54, 1.807) is 49.4 Å². The van der Waals surface area contributed by atoms with Crippen molar-refractivity contribution in [1.29, 1.82) is 0 Å². The summed E-state index contributed by atoms with van der Waals surface area (Å²) in [5, 5.41) is 3.05. The lowest BCUT2D eigenvalue weighted by Gasteiger charge is -2.06. The molecule has 2 rings (SSSR count). The lowest BCUT2D eigenvalue weighted by atomic mass is 10.2. The van der Waals surface area contributed by atoms with E-state index in [2.05, 4.69) is 5.32 Å². The number of halogens is 2. The first-order valence-electron chi connectivity index (χ1n) is 7.10. The van der Waals surface area contributed by atoms with Gasteiger partial charge in [0.1, 0.15) is 5.82 Å². The minimum Gasteiger partial charge on any atom is -0.452 e. The smallest absolute Gasteiger partial charge is 0.331 e.